The summed E-state index contributed by atoms with van der Waals surface area (Å²) >= 11 is 0. The molecule has 0 N–H and O–H groups in total. The number of carbonyl (C=O) groups excluding carboxylic acids is 4. The summed E-state index contributed by atoms with van der Waals surface area (Å²) in [4.78, 5) is 49.3. The van der Waals surface area contributed by atoms with Crippen molar-refractivity contribution in [3.05, 3.63) is 133 Å². The van der Waals surface area contributed by atoms with E-state index in [2.05, 4.69) is 26.3 Å². The molecule has 0 fully saturated rings. The standard InChI is InChI=1S/C43H42O10/c1-10-13-21-48-36-26-33(31-18-20-35(52-42(46)28(6)7)39(24-31)53-43(47)29(8)9)37(49-22-14-11-2)25-32(36)17-15-30-16-19-34(51-41(45)27(4)5)38(23-30)50-40(44)12-3/h10-20,23-26H,3-4,6,8,21-22H2,1-2,5,7,9H3/b13-10+,14-11+,17-15+. The molecule has 0 unspecified atom stereocenters. The third kappa shape index (κ3) is 12.0. The number of rotatable bonds is 17. The van der Waals surface area contributed by atoms with E-state index in [1.165, 1.54) is 39.0 Å². The maximum absolute atomic E-state index is 12.6. The minimum absolute atomic E-state index is 0.00228. The Morgan fingerprint density at radius 3 is 1.62 bits per heavy atom. The molecule has 0 saturated heterocycles. The summed E-state index contributed by atoms with van der Waals surface area (Å²) in [5.74, 6) is -1.88. The van der Waals surface area contributed by atoms with Crippen LogP contribution >= 0.6 is 0 Å². The lowest BCUT2D eigenvalue weighted by Gasteiger charge is -2.17. The minimum atomic E-state index is -0.739. The quantitative estimate of drug-likeness (QED) is 0.0439. The predicted molar refractivity (Wildman–Crippen MR) is 205 cm³/mol. The molecule has 3 aromatic carbocycles. The van der Waals surface area contributed by atoms with E-state index in [0.717, 1.165) is 6.08 Å². The van der Waals surface area contributed by atoms with E-state index >= 15 is 0 Å². The Kier molecular flexibility index (Phi) is 15.1. The third-order valence-electron chi connectivity index (χ3n) is 6.96. The molecular formula is C43H42O10. The number of carbonyl (C=O) groups is 4. The Morgan fingerprint density at radius 1 is 0.585 bits per heavy atom. The van der Waals surface area contributed by atoms with Crippen LogP contribution < -0.4 is 28.4 Å². The highest BCUT2D eigenvalue weighted by molar-refractivity contribution is 5.92. The highest BCUT2D eigenvalue weighted by Gasteiger charge is 2.20. The topological polar surface area (TPSA) is 124 Å². The molecule has 0 amide bonds. The summed E-state index contributed by atoms with van der Waals surface area (Å²) in [5, 5.41) is 0. The summed E-state index contributed by atoms with van der Waals surface area (Å²) in [5.41, 5.74) is 2.83. The zero-order valence-electron chi connectivity index (χ0n) is 30.5. The molecule has 0 atom stereocenters. The van der Waals surface area contributed by atoms with Crippen LogP contribution in [-0.2, 0) is 19.2 Å². The first-order valence-electron chi connectivity index (χ1n) is 16.4. The van der Waals surface area contributed by atoms with Crippen LogP contribution in [0.3, 0.4) is 0 Å². The average molecular weight is 719 g/mol. The zero-order valence-corrected chi connectivity index (χ0v) is 30.5. The molecular weight excluding hydrogens is 676 g/mol. The van der Waals surface area contributed by atoms with Gasteiger partial charge in [-0.2, -0.15) is 0 Å². The highest BCUT2D eigenvalue weighted by atomic mass is 16.6. The summed E-state index contributed by atoms with van der Waals surface area (Å²) in [6.45, 7) is 23.0. The zero-order chi connectivity index (χ0) is 39.1. The molecule has 3 aromatic rings. The first-order chi connectivity index (χ1) is 25.3. The van der Waals surface area contributed by atoms with Gasteiger partial charge in [-0.15, -0.1) is 0 Å². The van der Waals surface area contributed by atoms with E-state index in [-0.39, 0.29) is 52.9 Å². The normalized spacial score (nSPS) is 10.9. The number of esters is 4. The smallest absolute Gasteiger partial charge is 0.338 e. The van der Waals surface area contributed by atoms with Crippen molar-refractivity contribution >= 4 is 36.0 Å². The largest absolute Gasteiger partial charge is 0.489 e. The van der Waals surface area contributed by atoms with E-state index in [1.54, 1.807) is 42.5 Å². The van der Waals surface area contributed by atoms with Crippen LogP contribution in [-0.4, -0.2) is 37.1 Å². The molecule has 0 saturated carbocycles. The minimum Gasteiger partial charge on any atom is -0.489 e. The van der Waals surface area contributed by atoms with Crippen LogP contribution in [0.5, 0.6) is 34.5 Å². The van der Waals surface area contributed by atoms with Crippen LogP contribution in [0, 0.1) is 0 Å². The number of hydrogen-bond acceptors (Lipinski definition) is 10. The van der Waals surface area contributed by atoms with Gasteiger partial charge in [0.05, 0.1) is 0 Å². The van der Waals surface area contributed by atoms with Crippen LogP contribution in [0.4, 0.5) is 0 Å². The van der Waals surface area contributed by atoms with E-state index in [4.69, 9.17) is 28.4 Å². The number of allylic oxidation sites excluding steroid dienone is 2. The summed E-state index contributed by atoms with van der Waals surface area (Å²) in [6.07, 6.45) is 11.9. The van der Waals surface area contributed by atoms with Crippen molar-refractivity contribution in [2.45, 2.75) is 34.6 Å². The van der Waals surface area contributed by atoms with Crippen molar-refractivity contribution in [1.82, 2.24) is 0 Å². The van der Waals surface area contributed by atoms with Gasteiger partial charge in [0, 0.05) is 33.9 Å². The van der Waals surface area contributed by atoms with Crippen LogP contribution in [0.2, 0.25) is 0 Å². The predicted octanol–water partition coefficient (Wildman–Crippen LogP) is 8.97. The monoisotopic (exact) mass is 718 g/mol. The van der Waals surface area contributed by atoms with Gasteiger partial charge in [0.1, 0.15) is 24.7 Å². The summed E-state index contributed by atoms with van der Waals surface area (Å²) in [7, 11) is 0. The first kappa shape index (κ1) is 40.7. The Bertz CT molecular complexity index is 2030. The Hall–Kier alpha value is -6.68. The van der Waals surface area contributed by atoms with E-state index in [1.807, 2.05) is 38.2 Å². The Balaban J connectivity index is 2.21. The highest BCUT2D eigenvalue weighted by Crippen LogP contribution is 2.41. The van der Waals surface area contributed by atoms with Crippen molar-refractivity contribution in [3.8, 4) is 45.6 Å². The Labute approximate surface area is 309 Å². The van der Waals surface area contributed by atoms with Gasteiger partial charge in [0.15, 0.2) is 23.0 Å². The molecule has 0 heterocycles. The van der Waals surface area contributed by atoms with Gasteiger partial charge < -0.3 is 28.4 Å². The van der Waals surface area contributed by atoms with Crippen molar-refractivity contribution in [2.75, 3.05) is 13.2 Å². The Morgan fingerprint density at radius 2 is 1.09 bits per heavy atom. The second kappa shape index (κ2) is 19.6. The number of hydrogen-bond donors (Lipinski definition) is 0. The van der Waals surface area contributed by atoms with Gasteiger partial charge in [-0.3, -0.25) is 0 Å². The van der Waals surface area contributed by atoms with Gasteiger partial charge >= 0.3 is 23.9 Å². The molecule has 3 rings (SSSR count). The van der Waals surface area contributed by atoms with Gasteiger partial charge in [0.2, 0.25) is 0 Å². The molecule has 274 valence electrons. The molecule has 0 spiro atoms. The fraction of sp³-hybridized carbons (Fsp3) is 0.163. The molecule has 53 heavy (non-hydrogen) atoms. The van der Waals surface area contributed by atoms with Crippen LogP contribution in [0.15, 0.2) is 122 Å². The van der Waals surface area contributed by atoms with E-state index in [0.29, 0.717) is 33.8 Å². The van der Waals surface area contributed by atoms with E-state index < -0.39 is 23.9 Å². The molecule has 0 aliphatic carbocycles. The van der Waals surface area contributed by atoms with Gasteiger partial charge in [-0.05, 0) is 82.1 Å². The molecule has 0 aromatic heterocycles. The number of benzene rings is 3. The maximum atomic E-state index is 12.6. The van der Waals surface area contributed by atoms with E-state index in [9.17, 15) is 19.2 Å². The molecule has 10 nitrogen and oxygen atoms in total. The van der Waals surface area contributed by atoms with Crippen molar-refractivity contribution in [1.29, 1.82) is 0 Å². The SMILES string of the molecule is C=CC(=O)Oc1cc(/C=C/c2cc(OC/C=C/C)c(-c3ccc(OC(=O)C(=C)C)c(OC(=O)C(=C)C)c3)cc2OC/C=C/C)ccc1OC(=O)C(=C)C. The maximum Gasteiger partial charge on any atom is 0.338 e. The lowest BCUT2D eigenvalue weighted by Crippen LogP contribution is -2.13. The second-order valence-corrected chi connectivity index (χ2v) is 11.5. The van der Waals surface area contributed by atoms with Crippen molar-refractivity contribution < 1.29 is 47.6 Å². The van der Waals surface area contributed by atoms with Gasteiger partial charge in [-0.1, -0.05) is 74.9 Å². The number of ether oxygens (including phenoxy) is 6. The third-order valence-corrected chi connectivity index (χ3v) is 6.96. The fourth-order valence-electron chi connectivity index (χ4n) is 4.17. The lowest BCUT2D eigenvalue weighted by molar-refractivity contribution is -0.132. The molecule has 0 aliphatic heterocycles. The average Bonchev–Trinajstić information content (AvgIpc) is 3.12. The summed E-state index contributed by atoms with van der Waals surface area (Å²) in [6, 6.07) is 13.0. The van der Waals surface area contributed by atoms with Crippen LogP contribution in [0.1, 0.15) is 45.7 Å². The van der Waals surface area contributed by atoms with Gasteiger partial charge in [0.25, 0.3) is 0 Å². The lowest BCUT2D eigenvalue weighted by atomic mass is 10.00. The summed E-state index contributed by atoms with van der Waals surface area (Å²) < 4.78 is 34.1. The fourth-order valence-corrected chi connectivity index (χ4v) is 4.17. The molecule has 0 radical (unpaired) electrons. The molecule has 0 bridgehead atoms. The molecule has 0 aliphatic rings. The second-order valence-electron chi connectivity index (χ2n) is 11.5. The molecule has 10 heteroatoms. The van der Waals surface area contributed by atoms with Gasteiger partial charge in [-0.25, -0.2) is 19.2 Å². The van der Waals surface area contributed by atoms with Crippen molar-refractivity contribution in [2.24, 2.45) is 0 Å². The first-order valence-corrected chi connectivity index (χ1v) is 16.4. The van der Waals surface area contributed by atoms with Crippen molar-refractivity contribution in [3.63, 3.8) is 0 Å². The van der Waals surface area contributed by atoms with Crippen LogP contribution in [0.25, 0.3) is 23.3 Å².